The highest BCUT2D eigenvalue weighted by Crippen LogP contribution is 2.60. The average molecular weight is 1470 g/mol. The molecule has 18 nitrogen and oxygen atoms in total. The standard InChI is InChI=1S/C38H49O9P.C38H43O8PS.C6H12O/c1-38(2)23-24-43-48(39,47-38)46-36-35(42-27-31-19-11-5-12-20-31)34(41-26-30-17-9-4-10-18-30)33(28-40-25-29-15-7-3-8-16-29)45-37(36)44-32-21-13-6-14-22-32;1-38(2)23-24-43-47(39,46-38)45-36-35(42-27-31-19-11-5-12-20-31)34(41-26-30-17-9-4-10-18-30)33(28-40-25-29-15-7-3-8-16-29)44-37(36)48-32-21-13-6-14-22-32;7-6-4-2-1-3-5-6/h3-5,7-12,15-20,32-37H,6,13-14,21-28H2,1-2H3;3-22,33-37H,23-28H2,1-2H3;6-7H,1-5H2. The lowest BCUT2D eigenvalue weighted by Crippen LogP contribution is -2.62. The van der Waals surface area contributed by atoms with Gasteiger partial charge in [-0.15, -0.1) is 0 Å². The molecule has 7 aromatic carbocycles. The number of thioether (sulfide) groups is 1. The minimum absolute atomic E-state index is 0.0359. The van der Waals surface area contributed by atoms with E-state index in [0.717, 1.165) is 76.8 Å². The highest BCUT2D eigenvalue weighted by molar-refractivity contribution is 7.99. The molecule has 21 heteroatoms. The Hall–Kier alpha value is -5.29. The Morgan fingerprint density at radius 1 is 0.408 bits per heavy atom. The van der Waals surface area contributed by atoms with Crippen LogP contribution < -0.4 is 0 Å². The van der Waals surface area contributed by atoms with E-state index in [0.29, 0.717) is 39.3 Å². The second kappa shape index (κ2) is 40.1. The summed E-state index contributed by atoms with van der Waals surface area (Å²) >= 11 is 1.46. The second-order valence-electron chi connectivity index (χ2n) is 28.2. The van der Waals surface area contributed by atoms with Gasteiger partial charge in [-0.25, -0.2) is 9.13 Å². The molecule has 0 radical (unpaired) electrons. The van der Waals surface area contributed by atoms with Gasteiger partial charge in [0.1, 0.15) is 54.3 Å². The SMILES string of the molecule is CC1(C)CCOP(=O)(OC2C(OC3CCCCC3)OC(COCc3ccccc3)C(OCc3ccccc3)C2OCc2ccccc2)O1.CC1(C)CCOP(=O)(OC2C(Sc3ccccc3)OC(COCc3ccccc3)C(OCc3ccccc3)C2OCc2ccccc2)O1.OC1CCCCC1. The third kappa shape index (κ3) is 25.4. The maximum atomic E-state index is 14.2. The van der Waals surface area contributed by atoms with E-state index in [4.69, 9.17) is 74.9 Å². The molecule has 556 valence electrons. The molecule has 4 saturated heterocycles. The Morgan fingerprint density at radius 2 is 0.748 bits per heavy atom. The summed E-state index contributed by atoms with van der Waals surface area (Å²) in [6, 6.07) is 69.6. The third-order valence-corrected chi connectivity index (χ3v) is 23.3. The molecular formula is C82H104O18P2S. The van der Waals surface area contributed by atoms with Gasteiger partial charge in [0.25, 0.3) is 0 Å². The largest absolute Gasteiger partial charge is 0.475 e. The van der Waals surface area contributed by atoms with E-state index in [1.54, 1.807) is 0 Å². The number of benzene rings is 7. The lowest BCUT2D eigenvalue weighted by atomic mass is 9.96. The maximum Gasteiger partial charge on any atom is 0.475 e. The van der Waals surface area contributed by atoms with Crippen molar-refractivity contribution in [2.24, 2.45) is 0 Å². The fraction of sp³-hybridized carbons (Fsp3) is 0.488. The molecule has 2 saturated carbocycles. The third-order valence-electron chi connectivity index (χ3n) is 18.7. The van der Waals surface area contributed by atoms with Crippen LogP contribution >= 0.6 is 27.4 Å². The Labute approximate surface area is 613 Å². The van der Waals surface area contributed by atoms with Crippen molar-refractivity contribution in [3.8, 4) is 0 Å². The van der Waals surface area contributed by atoms with Crippen molar-refractivity contribution in [1.82, 2.24) is 0 Å². The van der Waals surface area contributed by atoms with Gasteiger partial charge in [-0.2, -0.15) is 0 Å². The molecule has 13 rings (SSSR count). The van der Waals surface area contributed by atoms with Gasteiger partial charge in [-0.05, 0) is 98.9 Å². The van der Waals surface area contributed by atoms with Crippen LogP contribution in [0, 0.1) is 0 Å². The van der Waals surface area contributed by atoms with E-state index >= 15 is 0 Å². The molecule has 0 amide bonds. The number of phosphoric acid groups is 2. The van der Waals surface area contributed by atoms with Crippen molar-refractivity contribution in [2.45, 2.75) is 233 Å². The van der Waals surface area contributed by atoms with Gasteiger partial charge in [0.2, 0.25) is 0 Å². The van der Waals surface area contributed by atoms with Crippen molar-refractivity contribution in [1.29, 1.82) is 0 Å². The molecule has 12 unspecified atom stereocenters. The van der Waals surface area contributed by atoms with Crippen LogP contribution in [0.4, 0.5) is 0 Å². The zero-order valence-corrected chi connectivity index (χ0v) is 62.5. The Morgan fingerprint density at radius 3 is 1.13 bits per heavy atom. The molecule has 0 bridgehead atoms. The van der Waals surface area contributed by atoms with E-state index in [2.05, 4.69) is 0 Å². The number of aliphatic hydroxyl groups is 1. The van der Waals surface area contributed by atoms with E-state index in [9.17, 15) is 9.13 Å². The van der Waals surface area contributed by atoms with Crippen LogP contribution in [-0.2, 0) is 119 Å². The van der Waals surface area contributed by atoms with Crippen LogP contribution in [0.1, 0.15) is 138 Å². The van der Waals surface area contributed by atoms with Crippen LogP contribution in [0.5, 0.6) is 0 Å². The first-order valence-electron chi connectivity index (χ1n) is 36.6. The molecule has 103 heavy (non-hydrogen) atoms. The predicted molar refractivity (Wildman–Crippen MR) is 395 cm³/mol. The molecule has 1 N–H and O–H groups in total. The first-order valence-corrected chi connectivity index (χ1v) is 40.4. The Kier molecular flexibility index (Phi) is 30.6. The maximum absolute atomic E-state index is 14.2. The Balaban J connectivity index is 0.000000188. The van der Waals surface area contributed by atoms with Gasteiger partial charge in [0.15, 0.2) is 6.29 Å². The van der Waals surface area contributed by atoms with Crippen LogP contribution in [0.2, 0.25) is 0 Å². The summed E-state index contributed by atoms with van der Waals surface area (Å²) in [5.74, 6) is 0. The molecule has 7 aromatic rings. The van der Waals surface area contributed by atoms with Crippen molar-refractivity contribution in [3.63, 3.8) is 0 Å². The normalized spacial score (nSPS) is 28.0. The molecule has 6 aliphatic rings. The van der Waals surface area contributed by atoms with Crippen LogP contribution in [-0.4, -0.2) is 116 Å². The monoisotopic (exact) mass is 1470 g/mol. The smallest absolute Gasteiger partial charge is 0.393 e. The molecule has 4 aliphatic heterocycles. The minimum atomic E-state index is -4.04. The first kappa shape index (κ1) is 78.8. The van der Waals surface area contributed by atoms with E-state index in [1.807, 2.05) is 240 Å². The quantitative estimate of drug-likeness (QED) is 0.0455. The average Bonchev–Trinajstić information content (AvgIpc) is 0.774. The highest BCUT2D eigenvalue weighted by atomic mass is 32.2. The molecule has 4 heterocycles. The molecule has 0 aromatic heterocycles. The predicted octanol–water partition coefficient (Wildman–Crippen LogP) is 18.1. The second-order valence-corrected chi connectivity index (χ2v) is 32.4. The molecule has 6 fully saturated rings. The van der Waals surface area contributed by atoms with Crippen molar-refractivity contribution in [2.75, 3.05) is 26.4 Å². The van der Waals surface area contributed by atoms with Crippen LogP contribution in [0.25, 0.3) is 0 Å². The number of aliphatic hydroxyl groups excluding tert-OH is 1. The van der Waals surface area contributed by atoms with Gasteiger partial charge in [0.05, 0.1) is 89.5 Å². The number of ether oxygens (including phenoxy) is 9. The van der Waals surface area contributed by atoms with Gasteiger partial charge in [0, 0.05) is 17.7 Å². The fourth-order valence-corrected chi connectivity index (χ4v) is 17.7. The Bertz CT molecular complexity index is 3600. The fourth-order valence-electron chi connectivity index (χ4n) is 13.1. The summed E-state index contributed by atoms with van der Waals surface area (Å²) < 4.78 is 124. The van der Waals surface area contributed by atoms with Crippen molar-refractivity contribution < 1.29 is 84.0 Å². The van der Waals surface area contributed by atoms with Crippen LogP contribution in [0.3, 0.4) is 0 Å². The van der Waals surface area contributed by atoms with Crippen LogP contribution in [0.15, 0.2) is 217 Å². The van der Waals surface area contributed by atoms with Gasteiger partial charge in [-0.3, -0.25) is 27.1 Å². The molecule has 12 atom stereocenters. The van der Waals surface area contributed by atoms with Gasteiger partial charge in [-0.1, -0.05) is 250 Å². The topological polar surface area (TPSA) is 193 Å². The van der Waals surface area contributed by atoms with Gasteiger partial charge < -0.3 is 47.7 Å². The van der Waals surface area contributed by atoms with Gasteiger partial charge >= 0.3 is 15.6 Å². The van der Waals surface area contributed by atoms with Crippen molar-refractivity contribution in [3.05, 3.63) is 246 Å². The summed E-state index contributed by atoms with van der Waals surface area (Å²) in [4.78, 5) is 0.953. The zero-order valence-electron chi connectivity index (χ0n) is 59.9. The number of phosphoric ester groups is 2. The number of hydrogen-bond acceptors (Lipinski definition) is 19. The molecule has 0 spiro atoms. The van der Waals surface area contributed by atoms with E-state index < -0.39 is 87.4 Å². The number of rotatable bonds is 28. The molecule has 2 aliphatic carbocycles. The van der Waals surface area contributed by atoms with E-state index in [-0.39, 0.29) is 51.8 Å². The summed E-state index contributed by atoms with van der Waals surface area (Å²) in [5, 5.41) is 8.91. The lowest BCUT2D eigenvalue weighted by molar-refractivity contribution is -0.326. The molecular weight excluding hydrogens is 1370 g/mol. The van der Waals surface area contributed by atoms with Crippen molar-refractivity contribution >= 4 is 27.4 Å². The highest BCUT2D eigenvalue weighted by Gasteiger charge is 2.56. The lowest BCUT2D eigenvalue weighted by Gasteiger charge is -2.47. The first-order chi connectivity index (χ1) is 50.1. The summed E-state index contributed by atoms with van der Waals surface area (Å²) in [7, 11) is -8.06. The summed E-state index contributed by atoms with van der Waals surface area (Å²) in [6.07, 6.45) is 5.38. The summed E-state index contributed by atoms with van der Waals surface area (Å²) in [6.45, 7) is 10.4. The number of hydrogen-bond donors (Lipinski definition) is 1. The minimum Gasteiger partial charge on any atom is -0.393 e. The van der Waals surface area contributed by atoms with E-state index in [1.165, 1.54) is 37.4 Å². The zero-order chi connectivity index (χ0) is 71.6. The summed E-state index contributed by atoms with van der Waals surface area (Å²) in [5.41, 5.74) is 3.99.